The van der Waals surface area contributed by atoms with Crippen molar-refractivity contribution in [1.29, 1.82) is 0 Å². The monoisotopic (exact) mass is 246 g/mol. The van der Waals surface area contributed by atoms with E-state index >= 15 is 0 Å². The number of rotatable bonds is 2. The summed E-state index contributed by atoms with van der Waals surface area (Å²) in [5, 5.41) is 0. The van der Waals surface area contributed by atoms with Gasteiger partial charge >= 0.3 is 6.03 Å². The van der Waals surface area contributed by atoms with Crippen LogP contribution in [-0.2, 0) is 4.79 Å². The van der Waals surface area contributed by atoms with Crippen LogP contribution in [0.25, 0.3) is 0 Å². The van der Waals surface area contributed by atoms with Gasteiger partial charge in [0.15, 0.2) is 0 Å². The Kier molecular flexibility index (Phi) is 2.89. The zero-order valence-electron chi connectivity index (χ0n) is 11.2. The van der Waals surface area contributed by atoms with Gasteiger partial charge in [0.25, 0.3) is 5.91 Å². The fraction of sp³-hybridized carbons (Fsp3) is 0.429. The van der Waals surface area contributed by atoms with Crippen LogP contribution < -0.4 is 4.90 Å². The Balaban J connectivity index is 2.43. The molecule has 0 saturated carbocycles. The average molecular weight is 246 g/mol. The minimum atomic E-state index is -0.767. The first-order valence-electron chi connectivity index (χ1n) is 6.12. The molecular formula is C14H18N2O2. The lowest BCUT2D eigenvalue weighted by atomic mass is 10.0. The predicted octanol–water partition coefficient (Wildman–Crippen LogP) is 2.56. The van der Waals surface area contributed by atoms with Gasteiger partial charge < -0.3 is 4.90 Å². The van der Waals surface area contributed by atoms with Crippen molar-refractivity contribution < 1.29 is 9.59 Å². The number of amides is 3. The molecule has 4 nitrogen and oxygen atoms in total. The average Bonchev–Trinajstić information content (AvgIpc) is 2.48. The molecule has 1 heterocycles. The Morgan fingerprint density at radius 1 is 1.11 bits per heavy atom. The highest BCUT2D eigenvalue weighted by atomic mass is 16.2. The predicted molar refractivity (Wildman–Crippen MR) is 70.5 cm³/mol. The van der Waals surface area contributed by atoms with Gasteiger partial charge in [-0.3, -0.25) is 4.79 Å². The van der Waals surface area contributed by atoms with E-state index in [1.165, 1.54) is 4.90 Å². The van der Waals surface area contributed by atoms with E-state index in [0.29, 0.717) is 12.2 Å². The quantitative estimate of drug-likeness (QED) is 0.752. The van der Waals surface area contributed by atoms with Crippen molar-refractivity contribution in [1.82, 2.24) is 4.90 Å². The summed E-state index contributed by atoms with van der Waals surface area (Å²) in [5.41, 5.74) is 0.973. The molecule has 0 spiro atoms. The van der Waals surface area contributed by atoms with Gasteiger partial charge in [0.1, 0.15) is 5.54 Å². The Bertz CT molecular complexity index is 491. The van der Waals surface area contributed by atoms with Gasteiger partial charge in [-0.2, -0.15) is 0 Å². The molecule has 0 N–H and O–H groups in total. The number of carbonyl (C=O) groups is 2. The number of urea groups is 1. The SMILES string of the molecule is CCN1C(=O)N(c2ccc(C)cc2)C(=O)C1(C)C. The van der Waals surface area contributed by atoms with Gasteiger partial charge in [-0.25, -0.2) is 9.69 Å². The molecule has 0 atom stereocenters. The number of nitrogens with zero attached hydrogens (tertiary/aromatic N) is 2. The summed E-state index contributed by atoms with van der Waals surface area (Å²) in [6.45, 7) is 7.95. The molecule has 96 valence electrons. The van der Waals surface area contributed by atoms with E-state index in [2.05, 4.69) is 0 Å². The molecule has 0 aliphatic carbocycles. The highest BCUT2D eigenvalue weighted by Gasteiger charge is 2.50. The van der Waals surface area contributed by atoms with Gasteiger partial charge in [0.2, 0.25) is 0 Å². The van der Waals surface area contributed by atoms with Crippen LogP contribution in [-0.4, -0.2) is 28.9 Å². The van der Waals surface area contributed by atoms with Crippen LogP contribution in [0.15, 0.2) is 24.3 Å². The first-order chi connectivity index (χ1) is 8.39. The number of imide groups is 1. The topological polar surface area (TPSA) is 40.6 Å². The van der Waals surface area contributed by atoms with Crippen molar-refractivity contribution in [3.05, 3.63) is 29.8 Å². The van der Waals surface area contributed by atoms with Crippen molar-refractivity contribution in [3.8, 4) is 0 Å². The summed E-state index contributed by atoms with van der Waals surface area (Å²) < 4.78 is 0. The maximum atomic E-state index is 12.4. The van der Waals surface area contributed by atoms with E-state index in [1.807, 2.05) is 26.0 Å². The summed E-state index contributed by atoms with van der Waals surface area (Å²) in [4.78, 5) is 27.5. The molecule has 0 unspecified atom stereocenters. The smallest absolute Gasteiger partial charge is 0.310 e. The zero-order valence-corrected chi connectivity index (χ0v) is 11.2. The van der Waals surface area contributed by atoms with E-state index in [1.54, 1.807) is 30.9 Å². The maximum Gasteiger partial charge on any atom is 0.332 e. The Hall–Kier alpha value is -1.84. The fourth-order valence-electron chi connectivity index (χ4n) is 2.29. The van der Waals surface area contributed by atoms with Crippen LogP contribution in [0.3, 0.4) is 0 Å². The number of anilines is 1. The van der Waals surface area contributed by atoms with Crippen molar-refractivity contribution in [2.75, 3.05) is 11.4 Å². The van der Waals surface area contributed by atoms with E-state index in [0.717, 1.165) is 5.56 Å². The molecule has 1 aliphatic rings. The number of benzene rings is 1. The van der Waals surface area contributed by atoms with Crippen LogP contribution in [0, 0.1) is 6.92 Å². The lowest BCUT2D eigenvalue weighted by Gasteiger charge is -2.25. The normalized spacial score (nSPS) is 18.7. The summed E-state index contributed by atoms with van der Waals surface area (Å²) in [6, 6.07) is 7.17. The number of hydrogen-bond donors (Lipinski definition) is 0. The van der Waals surface area contributed by atoms with Gasteiger partial charge in [-0.1, -0.05) is 17.7 Å². The van der Waals surface area contributed by atoms with Crippen LogP contribution in [0.5, 0.6) is 0 Å². The lowest BCUT2D eigenvalue weighted by molar-refractivity contribution is -0.123. The Morgan fingerprint density at radius 3 is 2.11 bits per heavy atom. The van der Waals surface area contributed by atoms with E-state index in [-0.39, 0.29) is 11.9 Å². The third-order valence-corrected chi connectivity index (χ3v) is 3.43. The van der Waals surface area contributed by atoms with Gasteiger partial charge in [-0.15, -0.1) is 0 Å². The van der Waals surface area contributed by atoms with Crippen LogP contribution in [0.2, 0.25) is 0 Å². The second kappa shape index (κ2) is 4.12. The molecule has 0 bridgehead atoms. The van der Waals surface area contributed by atoms with E-state index < -0.39 is 5.54 Å². The molecule has 1 aromatic rings. The zero-order chi connectivity index (χ0) is 13.5. The third-order valence-electron chi connectivity index (χ3n) is 3.43. The first kappa shape index (κ1) is 12.6. The molecular weight excluding hydrogens is 228 g/mol. The van der Waals surface area contributed by atoms with E-state index in [4.69, 9.17) is 0 Å². The molecule has 1 aliphatic heterocycles. The minimum absolute atomic E-state index is 0.168. The first-order valence-corrected chi connectivity index (χ1v) is 6.12. The Labute approximate surface area is 107 Å². The number of hydrogen-bond acceptors (Lipinski definition) is 2. The molecule has 18 heavy (non-hydrogen) atoms. The second-order valence-corrected chi connectivity index (χ2v) is 5.06. The standard InChI is InChI=1S/C14H18N2O2/c1-5-15-13(18)16(12(17)14(15,3)4)11-8-6-10(2)7-9-11/h6-9H,5H2,1-4H3. The molecule has 4 heteroatoms. The summed E-state index contributed by atoms with van der Waals surface area (Å²) in [6.07, 6.45) is 0. The minimum Gasteiger partial charge on any atom is -0.310 e. The molecule has 2 rings (SSSR count). The summed E-state index contributed by atoms with van der Waals surface area (Å²) in [7, 11) is 0. The van der Waals surface area contributed by atoms with Crippen molar-refractivity contribution in [3.63, 3.8) is 0 Å². The number of likely N-dealkylation sites (N-methyl/N-ethyl adjacent to an activating group) is 1. The van der Waals surface area contributed by atoms with Crippen molar-refractivity contribution in [2.24, 2.45) is 0 Å². The number of aryl methyl sites for hydroxylation is 1. The van der Waals surface area contributed by atoms with E-state index in [9.17, 15) is 9.59 Å². The van der Waals surface area contributed by atoms with Crippen molar-refractivity contribution in [2.45, 2.75) is 33.2 Å². The van der Waals surface area contributed by atoms with Gasteiger partial charge in [0.05, 0.1) is 5.69 Å². The Morgan fingerprint density at radius 2 is 1.67 bits per heavy atom. The van der Waals surface area contributed by atoms with Crippen LogP contribution >= 0.6 is 0 Å². The van der Waals surface area contributed by atoms with Crippen LogP contribution in [0.4, 0.5) is 10.5 Å². The maximum absolute atomic E-state index is 12.4. The number of carbonyl (C=O) groups excluding carboxylic acids is 2. The van der Waals surface area contributed by atoms with Crippen molar-refractivity contribution >= 4 is 17.6 Å². The molecule has 0 radical (unpaired) electrons. The lowest BCUT2D eigenvalue weighted by Crippen LogP contribution is -2.43. The second-order valence-electron chi connectivity index (χ2n) is 5.06. The largest absolute Gasteiger partial charge is 0.332 e. The fourth-order valence-corrected chi connectivity index (χ4v) is 2.29. The highest BCUT2D eigenvalue weighted by Crippen LogP contribution is 2.31. The third kappa shape index (κ3) is 1.68. The molecule has 0 aromatic heterocycles. The summed E-state index contributed by atoms with van der Waals surface area (Å²) >= 11 is 0. The van der Waals surface area contributed by atoms with Gasteiger partial charge in [-0.05, 0) is 39.8 Å². The summed E-state index contributed by atoms with van der Waals surface area (Å²) in [5.74, 6) is -0.168. The van der Waals surface area contributed by atoms with Crippen LogP contribution in [0.1, 0.15) is 26.3 Å². The highest BCUT2D eigenvalue weighted by molar-refractivity contribution is 6.22. The molecule has 1 aromatic carbocycles. The van der Waals surface area contributed by atoms with Gasteiger partial charge in [0, 0.05) is 6.54 Å². The molecule has 1 saturated heterocycles. The molecule has 1 fully saturated rings. The molecule has 3 amide bonds.